The molecule has 6 heteroatoms. The van der Waals surface area contributed by atoms with E-state index in [1.807, 2.05) is 0 Å². The van der Waals surface area contributed by atoms with Crippen LogP contribution in [-0.4, -0.2) is 85.9 Å². The lowest BCUT2D eigenvalue weighted by molar-refractivity contribution is -0.126. The van der Waals surface area contributed by atoms with E-state index in [0.29, 0.717) is 6.54 Å². The lowest BCUT2D eigenvalue weighted by Crippen LogP contribution is -2.48. The number of hydrogen-bond donors (Lipinski definition) is 2. The fourth-order valence-electron chi connectivity index (χ4n) is 5.83. The number of nitrogens with zero attached hydrogens (tertiary/aromatic N) is 2. The van der Waals surface area contributed by atoms with Gasteiger partial charge >= 0.3 is 0 Å². The standard InChI is InChI=1S/C25H39N3O3/c1-27-13-5-6-20(18-27)24(30)26-19-25(21-7-3-2-4-8-21)11-9-22(23(29)10-12-25)28-14-16-31-17-15-28/h2-4,7-8,20,22-23,29H,5-6,9-19H2,1H3,(H,26,30)/t20-,22-,23-,25+/m0/s1. The van der Waals surface area contributed by atoms with Crippen LogP contribution < -0.4 is 5.32 Å². The maximum absolute atomic E-state index is 13.0. The number of nitrogens with one attached hydrogen (secondary N) is 1. The number of likely N-dealkylation sites (tertiary alicyclic amines) is 1. The molecule has 1 amide bonds. The molecule has 31 heavy (non-hydrogen) atoms. The van der Waals surface area contributed by atoms with Gasteiger partial charge in [0.25, 0.3) is 0 Å². The molecular formula is C25H39N3O3. The topological polar surface area (TPSA) is 65.0 Å². The number of carbonyl (C=O) groups excluding carboxylic acids is 1. The highest BCUT2D eigenvalue weighted by Gasteiger charge is 2.40. The van der Waals surface area contributed by atoms with Crippen LogP contribution in [0.2, 0.25) is 0 Å². The van der Waals surface area contributed by atoms with E-state index in [1.54, 1.807) is 0 Å². The van der Waals surface area contributed by atoms with Gasteiger partial charge in [0.15, 0.2) is 0 Å². The summed E-state index contributed by atoms with van der Waals surface area (Å²) < 4.78 is 5.52. The summed E-state index contributed by atoms with van der Waals surface area (Å²) in [7, 11) is 2.10. The van der Waals surface area contributed by atoms with Gasteiger partial charge < -0.3 is 20.1 Å². The molecule has 6 nitrogen and oxygen atoms in total. The van der Waals surface area contributed by atoms with Gasteiger partial charge in [0.05, 0.1) is 25.2 Å². The molecule has 1 aliphatic carbocycles. The number of piperidine rings is 1. The molecule has 172 valence electrons. The maximum Gasteiger partial charge on any atom is 0.224 e. The first-order valence-corrected chi connectivity index (χ1v) is 12.1. The monoisotopic (exact) mass is 429 g/mol. The Kier molecular flexibility index (Phi) is 7.64. The van der Waals surface area contributed by atoms with E-state index in [-0.39, 0.29) is 29.4 Å². The van der Waals surface area contributed by atoms with Crippen LogP contribution in [0.1, 0.15) is 44.1 Å². The van der Waals surface area contributed by atoms with Crippen molar-refractivity contribution in [2.75, 3.05) is 53.0 Å². The molecule has 2 saturated heterocycles. The lowest BCUT2D eigenvalue weighted by atomic mass is 9.74. The normalized spacial score (nSPS) is 33.5. The van der Waals surface area contributed by atoms with Gasteiger partial charge in [-0.3, -0.25) is 9.69 Å². The Bertz CT molecular complexity index is 709. The Labute approximate surface area is 186 Å². The highest BCUT2D eigenvalue weighted by molar-refractivity contribution is 5.79. The third kappa shape index (κ3) is 5.48. The van der Waals surface area contributed by atoms with E-state index in [0.717, 1.165) is 77.9 Å². The zero-order valence-electron chi connectivity index (χ0n) is 19.0. The zero-order chi connectivity index (χ0) is 21.7. The first-order chi connectivity index (χ1) is 15.1. The second-order valence-electron chi connectivity index (χ2n) is 9.83. The predicted molar refractivity (Wildman–Crippen MR) is 122 cm³/mol. The number of hydrogen-bond acceptors (Lipinski definition) is 5. The van der Waals surface area contributed by atoms with Gasteiger partial charge in [-0.2, -0.15) is 0 Å². The molecule has 0 unspecified atom stereocenters. The van der Waals surface area contributed by atoms with Gasteiger partial charge in [-0.15, -0.1) is 0 Å². The first-order valence-electron chi connectivity index (χ1n) is 12.1. The first kappa shape index (κ1) is 22.7. The van der Waals surface area contributed by atoms with Crippen molar-refractivity contribution >= 4 is 5.91 Å². The number of amides is 1. The van der Waals surface area contributed by atoms with Crippen LogP contribution in [0.15, 0.2) is 30.3 Å². The summed E-state index contributed by atoms with van der Waals surface area (Å²) in [5, 5.41) is 14.4. The molecule has 2 N–H and O–H groups in total. The minimum absolute atomic E-state index is 0.0871. The summed E-state index contributed by atoms with van der Waals surface area (Å²) in [6.07, 6.45) is 5.31. The van der Waals surface area contributed by atoms with Crippen molar-refractivity contribution in [2.24, 2.45) is 5.92 Å². The Balaban J connectivity index is 1.48. The third-order valence-electron chi connectivity index (χ3n) is 7.78. The summed E-state index contributed by atoms with van der Waals surface area (Å²) in [5.41, 5.74) is 1.16. The van der Waals surface area contributed by atoms with E-state index < -0.39 is 0 Å². The summed E-state index contributed by atoms with van der Waals surface area (Å²) in [4.78, 5) is 17.7. The van der Waals surface area contributed by atoms with Crippen molar-refractivity contribution in [1.82, 2.24) is 15.1 Å². The molecule has 3 fully saturated rings. The molecule has 0 spiro atoms. The molecule has 0 bridgehead atoms. The molecule has 1 saturated carbocycles. The maximum atomic E-state index is 13.0. The SMILES string of the molecule is CN1CCC[C@H](C(=O)NC[C@]2(c3ccccc3)CC[C@H](O)[C@@H](N3CCOCC3)CC2)C1. The number of aliphatic hydroxyl groups is 1. The molecule has 0 aromatic heterocycles. The summed E-state index contributed by atoms with van der Waals surface area (Å²) >= 11 is 0. The average Bonchev–Trinajstić information content (AvgIpc) is 2.98. The smallest absolute Gasteiger partial charge is 0.224 e. The molecule has 2 aliphatic heterocycles. The fraction of sp³-hybridized carbons (Fsp3) is 0.720. The molecule has 1 aromatic carbocycles. The minimum Gasteiger partial charge on any atom is -0.391 e. The van der Waals surface area contributed by atoms with Crippen LogP contribution in [0.25, 0.3) is 0 Å². The highest BCUT2D eigenvalue weighted by atomic mass is 16.5. The number of benzene rings is 1. The van der Waals surface area contributed by atoms with Gasteiger partial charge in [0.2, 0.25) is 5.91 Å². The van der Waals surface area contributed by atoms with Crippen LogP contribution in [0.4, 0.5) is 0 Å². The second-order valence-corrected chi connectivity index (χ2v) is 9.83. The largest absolute Gasteiger partial charge is 0.391 e. The van der Waals surface area contributed by atoms with Crippen LogP contribution in [0.3, 0.4) is 0 Å². The van der Waals surface area contributed by atoms with Crippen molar-refractivity contribution < 1.29 is 14.6 Å². The van der Waals surface area contributed by atoms with Crippen molar-refractivity contribution in [3.8, 4) is 0 Å². The van der Waals surface area contributed by atoms with Gasteiger partial charge in [-0.25, -0.2) is 0 Å². The van der Waals surface area contributed by atoms with Crippen LogP contribution >= 0.6 is 0 Å². The number of carbonyl (C=O) groups is 1. The van der Waals surface area contributed by atoms with Crippen molar-refractivity contribution in [3.05, 3.63) is 35.9 Å². The number of morpholine rings is 1. The average molecular weight is 430 g/mol. The minimum atomic E-state index is -0.327. The Morgan fingerprint density at radius 1 is 1.13 bits per heavy atom. The molecular weight excluding hydrogens is 390 g/mol. The Morgan fingerprint density at radius 3 is 2.61 bits per heavy atom. The molecule has 4 atom stereocenters. The highest BCUT2D eigenvalue weighted by Crippen LogP contribution is 2.39. The summed E-state index contributed by atoms with van der Waals surface area (Å²) in [5.74, 6) is 0.278. The van der Waals surface area contributed by atoms with Gasteiger partial charge in [0.1, 0.15) is 0 Å². The molecule has 0 radical (unpaired) electrons. The summed E-state index contributed by atoms with van der Waals surface area (Å²) in [6.45, 7) is 5.87. The van der Waals surface area contributed by atoms with Gasteiger partial charge in [0, 0.05) is 37.6 Å². The molecule has 3 aliphatic rings. The number of aliphatic hydroxyl groups excluding tert-OH is 1. The lowest BCUT2D eigenvalue weighted by Gasteiger charge is -2.37. The number of ether oxygens (including phenoxy) is 1. The molecule has 2 heterocycles. The van der Waals surface area contributed by atoms with Crippen molar-refractivity contribution in [3.63, 3.8) is 0 Å². The van der Waals surface area contributed by atoms with E-state index in [2.05, 4.69) is 52.5 Å². The van der Waals surface area contributed by atoms with E-state index >= 15 is 0 Å². The molecule has 4 rings (SSSR count). The van der Waals surface area contributed by atoms with Crippen molar-refractivity contribution in [1.29, 1.82) is 0 Å². The fourth-order valence-corrected chi connectivity index (χ4v) is 5.83. The Hall–Kier alpha value is -1.47. The summed E-state index contributed by atoms with van der Waals surface area (Å²) in [6, 6.07) is 10.8. The predicted octanol–water partition coefficient (Wildman–Crippen LogP) is 2.02. The Morgan fingerprint density at radius 2 is 1.87 bits per heavy atom. The van der Waals surface area contributed by atoms with Crippen LogP contribution in [0, 0.1) is 5.92 Å². The van der Waals surface area contributed by atoms with Crippen LogP contribution in [0.5, 0.6) is 0 Å². The van der Waals surface area contributed by atoms with Gasteiger partial charge in [-0.1, -0.05) is 30.3 Å². The quantitative estimate of drug-likeness (QED) is 0.701. The van der Waals surface area contributed by atoms with Gasteiger partial charge in [-0.05, 0) is 57.7 Å². The van der Waals surface area contributed by atoms with E-state index in [9.17, 15) is 9.90 Å². The van der Waals surface area contributed by atoms with E-state index in [1.165, 1.54) is 5.56 Å². The zero-order valence-corrected chi connectivity index (χ0v) is 19.0. The molecule has 1 aromatic rings. The van der Waals surface area contributed by atoms with Crippen molar-refractivity contribution in [2.45, 2.75) is 56.1 Å². The third-order valence-corrected chi connectivity index (χ3v) is 7.78. The van der Waals surface area contributed by atoms with Crippen LogP contribution in [-0.2, 0) is 14.9 Å². The van der Waals surface area contributed by atoms with E-state index in [4.69, 9.17) is 4.74 Å². The number of rotatable bonds is 5. The second kappa shape index (κ2) is 10.4.